The first kappa shape index (κ1) is 34.7. The van der Waals surface area contributed by atoms with Crippen LogP contribution in [-0.4, -0.2) is 7.12 Å². The Hall–Kier alpha value is -5.20. The predicted octanol–water partition coefficient (Wildman–Crippen LogP) is 9.29. The summed E-state index contributed by atoms with van der Waals surface area (Å²) in [4.78, 5) is 0. The molecule has 0 aliphatic heterocycles. The topological polar surface area (TPSA) is 18.5 Å². The molecule has 0 saturated heterocycles. The van der Waals surface area contributed by atoms with Crippen molar-refractivity contribution in [2.24, 2.45) is 0 Å². The molecule has 1 aliphatic carbocycles. The molecule has 5 aromatic carbocycles. The first-order valence-electron chi connectivity index (χ1n) is 13.3. The summed E-state index contributed by atoms with van der Waals surface area (Å²) in [5, 5.41) is -4.34. The molecule has 0 aromatic heterocycles. The Kier molecular flexibility index (Phi) is 8.52. The SMILES string of the molecule is Fc1c(F)c(F)c(-c2c(F)c(F)c(F)c(F)c2B(Oc2c(F)c(F)c(F)c3c(F)c(F)c(F)c(F)c23)OC2C=Cc3ccccc32)c(F)c1F. The van der Waals surface area contributed by atoms with Crippen LogP contribution in [0.1, 0.15) is 17.2 Å². The number of hydrogen-bond acceptors (Lipinski definition) is 2. The number of benzene rings is 5. The molecule has 0 bridgehead atoms. The van der Waals surface area contributed by atoms with Crippen LogP contribution in [0.15, 0.2) is 30.3 Å². The predicted molar refractivity (Wildman–Crippen MR) is 140 cm³/mol. The molecule has 2 nitrogen and oxygen atoms in total. The van der Waals surface area contributed by atoms with E-state index in [1.165, 1.54) is 30.3 Å². The molecule has 6 rings (SSSR count). The van der Waals surface area contributed by atoms with Crippen molar-refractivity contribution in [1.29, 1.82) is 0 Å². The lowest BCUT2D eigenvalue weighted by Crippen LogP contribution is -2.45. The van der Waals surface area contributed by atoms with Crippen molar-refractivity contribution in [3.8, 4) is 16.9 Å². The van der Waals surface area contributed by atoms with E-state index in [0.29, 0.717) is 0 Å². The van der Waals surface area contributed by atoms with Crippen LogP contribution in [0, 0.1) is 93.1 Å². The van der Waals surface area contributed by atoms with Gasteiger partial charge in [-0.2, -0.15) is 4.39 Å². The van der Waals surface area contributed by atoms with Crippen molar-refractivity contribution < 1.29 is 79.6 Å². The first-order chi connectivity index (χ1) is 23.5. The van der Waals surface area contributed by atoms with Gasteiger partial charge in [0.25, 0.3) is 0 Å². The van der Waals surface area contributed by atoms with E-state index >= 15 is 26.3 Å². The molecule has 50 heavy (non-hydrogen) atoms. The van der Waals surface area contributed by atoms with Gasteiger partial charge in [-0.3, -0.25) is 0 Å². The highest BCUT2D eigenvalue weighted by atomic mass is 19.2. The molecule has 1 unspecified atom stereocenters. The maximum absolute atomic E-state index is 15.7. The van der Waals surface area contributed by atoms with Crippen molar-refractivity contribution in [2.75, 3.05) is 0 Å². The highest BCUT2D eigenvalue weighted by molar-refractivity contribution is 6.64. The summed E-state index contributed by atoms with van der Waals surface area (Å²) < 4.78 is 246. The highest BCUT2D eigenvalue weighted by Gasteiger charge is 2.44. The third-order valence-corrected chi connectivity index (χ3v) is 7.55. The van der Waals surface area contributed by atoms with Crippen LogP contribution >= 0.6 is 0 Å². The number of halogens is 16. The molecular weight excluding hydrogens is 719 g/mol. The van der Waals surface area contributed by atoms with E-state index in [-0.39, 0.29) is 11.1 Å². The monoisotopic (exact) mass is 726 g/mol. The van der Waals surface area contributed by atoms with Crippen LogP contribution in [0.3, 0.4) is 0 Å². The summed E-state index contributed by atoms with van der Waals surface area (Å²) in [7, 11) is -3.40. The molecule has 5 aromatic rings. The molecule has 0 spiro atoms. The van der Waals surface area contributed by atoms with Crippen LogP contribution in [0.4, 0.5) is 70.2 Å². The van der Waals surface area contributed by atoms with Crippen molar-refractivity contribution >= 4 is 29.4 Å². The second-order valence-corrected chi connectivity index (χ2v) is 10.3. The second kappa shape index (κ2) is 12.3. The minimum absolute atomic E-state index is 0.00306. The standard InChI is InChI=1S/C31H7BF16O2/c33-15-10(11-16(34)24(42)29(47)25(43)17(11)35)14(21(39)28(46)22(15)40)32(49-9-6-5-7-3-1-2-4-8(7)9)50-31-13-12(19(37)27(45)30(31)48)18(36)23(41)26(44)20(13)38/h1-6,9H. The van der Waals surface area contributed by atoms with Gasteiger partial charge in [0.15, 0.2) is 87.2 Å². The highest BCUT2D eigenvalue weighted by Crippen LogP contribution is 2.41. The molecule has 258 valence electrons. The molecule has 0 saturated carbocycles. The first-order valence-corrected chi connectivity index (χ1v) is 13.3. The third-order valence-electron chi connectivity index (χ3n) is 7.55. The summed E-state index contributed by atoms with van der Waals surface area (Å²) >= 11 is 0. The summed E-state index contributed by atoms with van der Waals surface area (Å²) in [6, 6.07) is 5.40. The minimum Gasteiger partial charge on any atom is -0.530 e. The van der Waals surface area contributed by atoms with Crippen LogP contribution in [0.5, 0.6) is 5.75 Å². The normalized spacial score (nSPS) is 13.8. The zero-order chi connectivity index (χ0) is 36.7. The summed E-state index contributed by atoms with van der Waals surface area (Å²) in [5.74, 6) is -47.6. The lowest BCUT2D eigenvalue weighted by atomic mass is 9.72. The molecule has 1 aliphatic rings. The fourth-order valence-electron chi connectivity index (χ4n) is 5.25. The second-order valence-electron chi connectivity index (χ2n) is 10.3. The Morgan fingerprint density at radius 2 is 0.880 bits per heavy atom. The Labute approximate surface area is 266 Å². The number of rotatable bonds is 6. The van der Waals surface area contributed by atoms with Gasteiger partial charge in [-0.05, 0) is 11.1 Å². The van der Waals surface area contributed by atoms with Gasteiger partial charge in [-0.1, -0.05) is 36.4 Å². The third kappa shape index (κ3) is 4.96. The molecule has 19 heteroatoms. The molecule has 0 amide bonds. The van der Waals surface area contributed by atoms with Gasteiger partial charge < -0.3 is 9.31 Å². The molecule has 0 heterocycles. The number of hydrogen-bond donors (Lipinski definition) is 0. The van der Waals surface area contributed by atoms with Crippen LogP contribution in [0.2, 0.25) is 0 Å². The smallest absolute Gasteiger partial charge is 0.530 e. The molecular formula is C31H7BF16O2. The van der Waals surface area contributed by atoms with Gasteiger partial charge in [-0.15, -0.1) is 0 Å². The van der Waals surface area contributed by atoms with E-state index in [1.54, 1.807) is 0 Å². The van der Waals surface area contributed by atoms with E-state index in [0.717, 1.165) is 6.08 Å². The van der Waals surface area contributed by atoms with Crippen LogP contribution in [-0.2, 0) is 4.65 Å². The van der Waals surface area contributed by atoms with Gasteiger partial charge in [0.2, 0.25) is 11.6 Å². The van der Waals surface area contributed by atoms with Crippen molar-refractivity contribution in [2.45, 2.75) is 6.10 Å². The zero-order valence-corrected chi connectivity index (χ0v) is 23.5. The van der Waals surface area contributed by atoms with Crippen molar-refractivity contribution in [1.82, 2.24) is 0 Å². The van der Waals surface area contributed by atoms with Gasteiger partial charge in [0, 0.05) is 11.0 Å². The molecule has 1 atom stereocenters. The molecule has 0 radical (unpaired) electrons. The van der Waals surface area contributed by atoms with E-state index in [4.69, 9.17) is 9.31 Å². The summed E-state index contributed by atoms with van der Waals surface area (Å²) in [6.07, 6.45) is 0.527. The molecule has 0 fully saturated rings. The van der Waals surface area contributed by atoms with Gasteiger partial charge >= 0.3 is 7.12 Å². The fourth-order valence-corrected chi connectivity index (χ4v) is 5.25. The van der Waals surface area contributed by atoms with Gasteiger partial charge in [-0.25, -0.2) is 65.9 Å². The lowest BCUT2D eigenvalue weighted by molar-refractivity contribution is 0.221. The largest absolute Gasteiger partial charge is 0.567 e. The van der Waals surface area contributed by atoms with Crippen LogP contribution < -0.4 is 10.1 Å². The van der Waals surface area contributed by atoms with Crippen molar-refractivity contribution in [3.05, 3.63) is 135 Å². The Morgan fingerprint density at radius 3 is 1.46 bits per heavy atom. The Balaban J connectivity index is 1.73. The average molecular weight is 726 g/mol. The Morgan fingerprint density at radius 1 is 0.440 bits per heavy atom. The maximum atomic E-state index is 15.7. The van der Waals surface area contributed by atoms with Gasteiger partial charge in [0.1, 0.15) is 0 Å². The summed E-state index contributed by atoms with van der Waals surface area (Å²) in [6.45, 7) is 0. The van der Waals surface area contributed by atoms with E-state index < -0.39 is 139 Å². The maximum Gasteiger partial charge on any atom is 0.567 e. The average Bonchev–Trinajstić information content (AvgIpc) is 3.51. The van der Waals surface area contributed by atoms with Crippen molar-refractivity contribution in [3.63, 3.8) is 0 Å². The van der Waals surface area contributed by atoms with E-state index in [9.17, 15) is 43.9 Å². The zero-order valence-electron chi connectivity index (χ0n) is 23.5. The lowest BCUT2D eigenvalue weighted by Gasteiger charge is -2.25. The minimum atomic E-state index is -3.40. The summed E-state index contributed by atoms with van der Waals surface area (Å²) in [5.41, 5.74) is -6.88. The van der Waals surface area contributed by atoms with Gasteiger partial charge in [0.05, 0.1) is 22.4 Å². The molecule has 0 N–H and O–H groups in total. The number of fused-ring (bicyclic) bond motifs is 2. The fraction of sp³-hybridized carbons (Fsp3) is 0.0323. The van der Waals surface area contributed by atoms with E-state index in [1.807, 2.05) is 0 Å². The van der Waals surface area contributed by atoms with Crippen LogP contribution in [0.25, 0.3) is 28.0 Å². The Bertz CT molecular complexity index is 2290. The quantitative estimate of drug-likeness (QED) is 0.0753. The van der Waals surface area contributed by atoms with E-state index in [2.05, 4.69) is 0 Å².